The van der Waals surface area contributed by atoms with Crippen molar-refractivity contribution in [1.82, 2.24) is 29.6 Å². The van der Waals surface area contributed by atoms with Crippen LogP contribution in [0.15, 0.2) is 55.0 Å². The Morgan fingerprint density at radius 3 is 2.53 bits per heavy atom. The number of carbonyl (C=O) groups excluding carboxylic acids is 1. The molecule has 0 spiro atoms. The van der Waals surface area contributed by atoms with Gasteiger partial charge in [0.25, 0.3) is 5.91 Å². The Labute approximate surface area is 258 Å². The van der Waals surface area contributed by atoms with Crippen LogP contribution in [0.4, 0.5) is 30.5 Å². The van der Waals surface area contributed by atoms with Crippen LogP contribution in [-0.2, 0) is 22.2 Å². The number of pyridine rings is 3. The molecule has 238 valence electrons. The lowest BCUT2D eigenvalue weighted by atomic mass is 10.0. The quantitative estimate of drug-likeness (QED) is 0.225. The largest absolute Gasteiger partial charge is 0.420 e. The third kappa shape index (κ3) is 7.74. The number of ether oxygens (including phenoxy) is 2. The summed E-state index contributed by atoms with van der Waals surface area (Å²) in [5, 5.41) is 7.53. The lowest BCUT2D eigenvalue weighted by molar-refractivity contribution is -0.137. The minimum absolute atomic E-state index is 0.0614. The van der Waals surface area contributed by atoms with Crippen molar-refractivity contribution in [2.24, 2.45) is 5.73 Å². The third-order valence-electron chi connectivity index (χ3n) is 7.23. The van der Waals surface area contributed by atoms with E-state index in [4.69, 9.17) is 15.2 Å². The van der Waals surface area contributed by atoms with Crippen molar-refractivity contribution in [2.45, 2.75) is 12.7 Å². The number of aromatic nitrogens is 5. The zero-order chi connectivity index (χ0) is 32.0. The first-order valence-electron chi connectivity index (χ1n) is 14.3. The molecule has 1 aliphatic rings. The number of anilines is 3. The summed E-state index contributed by atoms with van der Waals surface area (Å²) in [4.78, 5) is 29.3. The van der Waals surface area contributed by atoms with Crippen molar-refractivity contribution in [3.05, 3.63) is 66.2 Å². The van der Waals surface area contributed by atoms with Gasteiger partial charge in [-0.2, -0.15) is 18.3 Å². The number of methoxy groups -OCH3 is 1. The predicted octanol–water partition coefficient (Wildman–Crippen LogP) is 3.68. The zero-order valence-electron chi connectivity index (χ0n) is 24.9. The number of amides is 1. The molecule has 5 heterocycles. The Morgan fingerprint density at radius 2 is 1.84 bits per heavy atom. The van der Waals surface area contributed by atoms with Crippen molar-refractivity contribution < 1.29 is 27.4 Å². The molecule has 4 aromatic heterocycles. The fourth-order valence-corrected chi connectivity index (χ4v) is 4.91. The van der Waals surface area contributed by atoms with Crippen LogP contribution >= 0.6 is 0 Å². The van der Waals surface area contributed by atoms with Crippen molar-refractivity contribution in [3.8, 4) is 22.5 Å². The molecule has 1 saturated heterocycles. The van der Waals surface area contributed by atoms with Crippen LogP contribution in [0.1, 0.15) is 16.1 Å². The molecule has 5 rings (SSSR count). The SMILES string of the molecule is COCCOCCn1cc(-c2ccc(Nc3cnc(N4CCN(C)CC4)c(C(F)(F)F)c3)nc2C(N)=O)c(-c2ccccn2)n1. The summed E-state index contributed by atoms with van der Waals surface area (Å²) in [5.41, 5.74) is 6.87. The van der Waals surface area contributed by atoms with Crippen molar-refractivity contribution in [1.29, 1.82) is 0 Å². The van der Waals surface area contributed by atoms with Crippen molar-refractivity contribution in [2.75, 3.05) is 70.4 Å². The van der Waals surface area contributed by atoms with Crippen LogP contribution in [0, 0.1) is 0 Å². The first kappa shape index (κ1) is 31.8. The molecule has 1 fully saturated rings. The summed E-state index contributed by atoms with van der Waals surface area (Å²) in [7, 11) is 3.52. The summed E-state index contributed by atoms with van der Waals surface area (Å²) in [5.74, 6) is -0.825. The Hall–Kier alpha value is -4.60. The number of hydrogen-bond acceptors (Lipinski definition) is 10. The fourth-order valence-electron chi connectivity index (χ4n) is 4.91. The number of rotatable bonds is 12. The molecule has 0 radical (unpaired) electrons. The third-order valence-corrected chi connectivity index (χ3v) is 7.23. The van der Waals surface area contributed by atoms with E-state index in [1.165, 1.54) is 6.20 Å². The lowest BCUT2D eigenvalue weighted by Crippen LogP contribution is -2.45. The molecule has 0 unspecified atom stereocenters. The molecule has 0 aliphatic carbocycles. The first-order valence-corrected chi connectivity index (χ1v) is 14.3. The van der Waals surface area contributed by atoms with Gasteiger partial charge in [-0.05, 0) is 37.4 Å². The van der Waals surface area contributed by atoms with E-state index >= 15 is 0 Å². The second-order valence-corrected chi connectivity index (χ2v) is 10.4. The molecule has 1 amide bonds. The molecule has 15 heteroatoms. The van der Waals surface area contributed by atoms with Gasteiger partial charge in [-0.15, -0.1) is 0 Å². The van der Waals surface area contributed by atoms with Crippen molar-refractivity contribution >= 4 is 23.2 Å². The smallest absolute Gasteiger partial charge is 0.382 e. The summed E-state index contributed by atoms with van der Waals surface area (Å²) >= 11 is 0. The molecule has 45 heavy (non-hydrogen) atoms. The monoisotopic (exact) mass is 625 g/mol. The molecule has 0 aromatic carbocycles. The molecular weight excluding hydrogens is 591 g/mol. The molecule has 4 aromatic rings. The number of likely N-dealkylation sites (N-methyl/N-ethyl adjacent to an activating group) is 1. The van der Waals surface area contributed by atoms with Crippen molar-refractivity contribution in [3.63, 3.8) is 0 Å². The highest BCUT2D eigenvalue weighted by molar-refractivity contribution is 6.00. The number of hydrogen-bond donors (Lipinski definition) is 2. The lowest BCUT2D eigenvalue weighted by Gasteiger charge is -2.34. The minimum Gasteiger partial charge on any atom is -0.382 e. The number of primary amides is 1. The van der Waals surface area contributed by atoms with Crippen LogP contribution in [0.3, 0.4) is 0 Å². The Kier molecular flexibility index (Phi) is 9.90. The second kappa shape index (κ2) is 14.0. The van der Waals surface area contributed by atoms with Crippen LogP contribution in [-0.4, -0.2) is 95.7 Å². The Balaban J connectivity index is 1.45. The van der Waals surface area contributed by atoms with E-state index in [0.29, 0.717) is 75.1 Å². The average Bonchev–Trinajstić information content (AvgIpc) is 3.45. The number of alkyl halides is 3. The second-order valence-electron chi connectivity index (χ2n) is 10.4. The van der Waals surface area contributed by atoms with E-state index in [1.54, 1.807) is 53.4 Å². The van der Waals surface area contributed by atoms with Gasteiger partial charge in [0.2, 0.25) is 0 Å². The van der Waals surface area contributed by atoms with Gasteiger partial charge in [0.15, 0.2) is 0 Å². The minimum atomic E-state index is -4.63. The highest BCUT2D eigenvalue weighted by Gasteiger charge is 2.37. The molecular formula is C30H34F3N9O3. The van der Waals surface area contributed by atoms with E-state index in [2.05, 4.69) is 30.3 Å². The van der Waals surface area contributed by atoms with E-state index in [1.807, 2.05) is 13.1 Å². The van der Waals surface area contributed by atoms with Crippen LogP contribution in [0.5, 0.6) is 0 Å². The van der Waals surface area contributed by atoms with Gasteiger partial charge in [0.05, 0.1) is 43.9 Å². The molecule has 3 N–H and O–H groups in total. The number of nitrogens with zero attached hydrogens (tertiary/aromatic N) is 7. The molecule has 0 atom stereocenters. The van der Waals surface area contributed by atoms with E-state index in [0.717, 1.165) is 6.07 Å². The van der Waals surface area contributed by atoms with E-state index in [9.17, 15) is 18.0 Å². The zero-order valence-corrected chi connectivity index (χ0v) is 24.9. The van der Waals surface area contributed by atoms with Gasteiger partial charge in [0.1, 0.15) is 28.6 Å². The number of nitrogens with two attached hydrogens (primary N) is 1. The average molecular weight is 626 g/mol. The summed E-state index contributed by atoms with van der Waals surface area (Å²) < 4.78 is 54.6. The highest BCUT2D eigenvalue weighted by atomic mass is 19.4. The van der Waals surface area contributed by atoms with Gasteiger partial charge in [-0.3, -0.25) is 14.5 Å². The highest BCUT2D eigenvalue weighted by Crippen LogP contribution is 2.38. The van der Waals surface area contributed by atoms with Gasteiger partial charge >= 0.3 is 6.18 Å². The number of carbonyl (C=O) groups is 1. The maximum absolute atomic E-state index is 14.1. The summed E-state index contributed by atoms with van der Waals surface area (Å²) in [6.45, 7) is 3.82. The van der Waals surface area contributed by atoms with Crippen LogP contribution in [0.25, 0.3) is 22.5 Å². The summed E-state index contributed by atoms with van der Waals surface area (Å²) in [6, 6.07) is 9.55. The fraction of sp³-hybridized carbons (Fsp3) is 0.367. The topological polar surface area (TPSA) is 137 Å². The normalized spacial score (nSPS) is 14.1. The maximum atomic E-state index is 14.1. The number of halogens is 3. The first-order chi connectivity index (χ1) is 21.6. The predicted molar refractivity (Wildman–Crippen MR) is 162 cm³/mol. The van der Waals surface area contributed by atoms with Gasteiger partial charge < -0.3 is 30.3 Å². The summed E-state index contributed by atoms with van der Waals surface area (Å²) in [6.07, 6.45) is 0.0671. The van der Waals surface area contributed by atoms with Crippen LogP contribution in [0.2, 0.25) is 0 Å². The maximum Gasteiger partial charge on any atom is 0.420 e. The number of piperazine rings is 1. The van der Waals surface area contributed by atoms with E-state index in [-0.39, 0.29) is 23.0 Å². The molecule has 0 bridgehead atoms. The molecule has 0 saturated carbocycles. The Morgan fingerprint density at radius 1 is 1.04 bits per heavy atom. The molecule has 1 aliphatic heterocycles. The van der Waals surface area contributed by atoms with Gasteiger partial charge in [-0.25, -0.2) is 9.97 Å². The van der Waals surface area contributed by atoms with Crippen LogP contribution < -0.4 is 16.0 Å². The molecule has 12 nitrogen and oxygen atoms in total. The number of nitrogens with one attached hydrogen (secondary N) is 1. The van der Waals surface area contributed by atoms with Gasteiger partial charge in [0, 0.05) is 56.8 Å². The van der Waals surface area contributed by atoms with E-state index < -0.39 is 17.6 Å². The standard InChI is InChI=1S/C30H34F3N9O3/c1-40-9-11-41(12-10-40)29-23(30(31,32)33)17-20(18-36-29)37-25-7-6-21(27(38-25)28(34)43)22-19-42(13-14-45-16-15-44-2)39-26(22)24-5-3-4-8-35-24/h3-8,17-19H,9-16H2,1-2H3,(H2,34,43)(H,37,38). The van der Waals surface area contributed by atoms with Gasteiger partial charge in [-0.1, -0.05) is 6.07 Å². The Bertz CT molecular complexity index is 1610.